The van der Waals surface area contributed by atoms with Gasteiger partial charge in [-0.15, -0.1) is 0 Å². The molecule has 0 aromatic heterocycles. The minimum Gasteiger partial charge on any atom is -0.479 e. The van der Waals surface area contributed by atoms with Gasteiger partial charge in [0.1, 0.15) is 5.75 Å². The van der Waals surface area contributed by atoms with Crippen LogP contribution in [-0.4, -0.2) is 18.6 Å². The van der Waals surface area contributed by atoms with Crippen LogP contribution >= 0.6 is 0 Å². The first kappa shape index (κ1) is 9.98. The predicted octanol–water partition coefficient (Wildman–Crippen LogP) is 0.907. The maximum absolute atomic E-state index is 11.4. The van der Waals surface area contributed by atoms with Crippen LogP contribution in [0.25, 0.3) is 0 Å². The summed E-state index contributed by atoms with van der Waals surface area (Å²) in [7, 11) is 0. The molecule has 1 heterocycles. The Labute approximate surface area is 88.4 Å². The molecular formula is C11H14N2O2. The number of ether oxygens (including phenoxy) is 1. The lowest BCUT2D eigenvalue weighted by Gasteiger charge is -2.23. The van der Waals surface area contributed by atoms with Crippen molar-refractivity contribution in [3.63, 3.8) is 0 Å². The van der Waals surface area contributed by atoms with Gasteiger partial charge >= 0.3 is 0 Å². The summed E-state index contributed by atoms with van der Waals surface area (Å²) in [5, 5.41) is 2.80. The molecule has 0 fully saturated rings. The van der Waals surface area contributed by atoms with Gasteiger partial charge in [0, 0.05) is 0 Å². The van der Waals surface area contributed by atoms with Gasteiger partial charge in [-0.1, -0.05) is 6.07 Å². The van der Waals surface area contributed by atoms with E-state index in [1.54, 1.807) is 6.92 Å². The van der Waals surface area contributed by atoms with Gasteiger partial charge in [0.25, 0.3) is 5.91 Å². The molecule has 1 unspecified atom stereocenters. The fourth-order valence-corrected chi connectivity index (χ4v) is 1.58. The van der Waals surface area contributed by atoms with Crippen LogP contribution in [0, 0.1) is 0 Å². The van der Waals surface area contributed by atoms with Crippen LogP contribution in [0.4, 0.5) is 5.69 Å². The van der Waals surface area contributed by atoms with E-state index in [9.17, 15) is 4.79 Å². The van der Waals surface area contributed by atoms with Crippen LogP contribution in [-0.2, 0) is 11.2 Å². The van der Waals surface area contributed by atoms with E-state index in [2.05, 4.69) is 5.32 Å². The van der Waals surface area contributed by atoms with Crippen LogP contribution in [0.5, 0.6) is 5.75 Å². The van der Waals surface area contributed by atoms with Crippen molar-refractivity contribution >= 4 is 11.6 Å². The van der Waals surface area contributed by atoms with Gasteiger partial charge in [-0.3, -0.25) is 4.79 Å². The zero-order valence-electron chi connectivity index (χ0n) is 8.62. The van der Waals surface area contributed by atoms with E-state index in [4.69, 9.17) is 10.5 Å². The van der Waals surface area contributed by atoms with E-state index >= 15 is 0 Å². The largest absolute Gasteiger partial charge is 0.479 e. The molecule has 0 spiro atoms. The second-order valence-corrected chi connectivity index (χ2v) is 3.62. The Morgan fingerprint density at radius 1 is 1.53 bits per heavy atom. The van der Waals surface area contributed by atoms with Crippen molar-refractivity contribution in [1.29, 1.82) is 0 Å². The van der Waals surface area contributed by atoms with Gasteiger partial charge in [-0.25, -0.2) is 0 Å². The Bertz CT molecular complexity index is 390. The number of rotatable bonds is 2. The molecule has 1 amide bonds. The number of carbonyl (C=O) groups excluding carboxylic acids is 1. The number of hydrogen-bond donors (Lipinski definition) is 2. The summed E-state index contributed by atoms with van der Waals surface area (Å²) in [5.41, 5.74) is 7.31. The highest BCUT2D eigenvalue weighted by molar-refractivity contribution is 5.97. The quantitative estimate of drug-likeness (QED) is 0.755. The fourth-order valence-electron chi connectivity index (χ4n) is 1.58. The second-order valence-electron chi connectivity index (χ2n) is 3.62. The maximum Gasteiger partial charge on any atom is 0.265 e. The van der Waals surface area contributed by atoms with Gasteiger partial charge in [-0.2, -0.15) is 0 Å². The molecule has 4 heteroatoms. The smallest absolute Gasteiger partial charge is 0.265 e. The van der Waals surface area contributed by atoms with E-state index in [0.717, 1.165) is 23.4 Å². The first-order valence-electron chi connectivity index (χ1n) is 5.01. The molecule has 0 aliphatic carbocycles. The number of nitrogens with one attached hydrogen (secondary N) is 1. The number of nitrogens with two attached hydrogens (primary N) is 1. The second kappa shape index (κ2) is 3.90. The zero-order chi connectivity index (χ0) is 10.8. The molecule has 0 radical (unpaired) electrons. The van der Waals surface area contributed by atoms with Crippen LogP contribution in [0.2, 0.25) is 0 Å². The number of carbonyl (C=O) groups is 1. The van der Waals surface area contributed by atoms with Crippen LogP contribution < -0.4 is 15.8 Å². The van der Waals surface area contributed by atoms with Gasteiger partial charge in [0.2, 0.25) is 0 Å². The lowest BCUT2D eigenvalue weighted by molar-refractivity contribution is -0.122. The van der Waals surface area contributed by atoms with Crippen molar-refractivity contribution in [2.75, 3.05) is 11.9 Å². The number of fused-ring (bicyclic) bond motifs is 1. The Balaban J connectivity index is 2.29. The molecule has 15 heavy (non-hydrogen) atoms. The van der Waals surface area contributed by atoms with E-state index < -0.39 is 6.10 Å². The molecule has 1 atom stereocenters. The van der Waals surface area contributed by atoms with E-state index in [1.807, 2.05) is 18.2 Å². The molecule has 2 rings (SSSR count). The number of benzene rings is 1. The lowest BCUT2D eigenvalue weighted by Crippen LogP contribution is -2.34. The molecule has 1 aromatic carbocycles. The highest BCUT2D eigenvalue weighted by Crippen LogP contribution is 2.30. The standard InChI is InChI=1S/C11H14N2O2/c1-7-11(14)13-9-6-8(4-5-12)2-3-10(9)15-7/h2-3,6-7H,4-5,12H2,1H3,(H,13,14). The third-order valence-electron chi connectivity index (χ3n) is 2.41. The first-order valence-corrected chi connectivity index (χ1v) is 5.01. The monoisotopic (exact) mass is 206 g/mol. The summed E-state index contributed by atoms with van der Waals surface area (Å²) in [6.07, 6.45) is 0.386. The van der Waals surface area contributed by atoms with E-state index in [-0.39, 0.29) is 5.91 Å². The molecule has 80 valence electrons. The highest BCUT2D eigenvalue weighted by atomic mass is 16.5. The first-order chi connectivity index (χ1) is 7.20. The fraction of sp³-hybridized carbons (Fsp3) is 0.364. The van der Waals surface area contributed by atoms with Gasteiger partial charge < -0.3 is 15.8 Å². The highest BCUT2D eigenvalue weighted by Gasteiger charge is 2.23. The van der Waals surface area contributed by atoms with Crippen molar-refractivity contribution in [2.45, 2.75) is 19.4 Å². The summed E-state index contributed by atoms with van der Waals surface area (Å²) in [4.78, 5) is 11.4. The summed E-state index contributed by atoms with van der Waals surface area (Å²) in [6, 6.07) is 5.75. The number of anilines is 1. The average Bonchev–Trinajstić information content (AvgIpc) is 2.21. The average molecular weight is 206 g/mol. The Morgan fingerprint density at radius 3 is 3.07 bits per heavy atom. The van der Waals surface area contributed by atoms with Crippen molar-refractivity contribution < 1.29 is 9.53 Å². The Hall–Kier alpha value is -1.55. The number of amides is 1. The molecule has 4 nitrogen and oxygen atoms in total. The van der Waals surface area contributed by atoms with E-state index in [0.29, 0.717) is 6.54 Å². The van der Waals surface area contributed by atoms with Crippen molar-refractivity contribution in [3.8, 4) is 5.75 Å². The molecular weight excluding hydrogens is 192 g/mol. The van der Waals surface area contributed by atoms with Crippen LogP contribution in [0.15, 0.2) is 18.2 Å². The minimum absolute atomic E-state index is 0.104. The Kier molecular flexibility index (Phi) is 2.60. The lowest BCUT2D eigenvalue weighted by atomic mass is 10.1. The van der Waals surface area contributed by atoms with Gasteiger partial charge in [0.15, 0.2) is 6.10 Å². The normalized spacial score (nSPS) is 19.1. The van der Waals surface area contributed by atoms with Crippen molar-refractivity contribution in [3.05, 3.63) is 23.8 Å². The van der Waals surface area contributed by atoms with Gasteiger partial charge in [-0.05, 0) is 37.6 Å². The van der Waals surface area contributed by atoms with Crippen molar-refractivity contribution in [1.82, 2.24) is 0 Å². The number of hydrogen-bond acceptors (Lipinski definition) is 3. The SMILES string of the molecule is CC1Oc2ccc(CCN)cc2NC1=O. The molecule has 0 bridgehead atoms. The summed E-state index contributed by atoms with van der Waals surface area (Å²) >= 11 is 0. The maximum atomic E-state index is 11.4. The Morgan fingerprint density at radius 2 is 2.33 bits per heavy atom. The van der Waals surface area contributed by atoms with E-state index in [1.165, 1.54) is 0 Å². The topological polar surface area (TPSA) is 64.3 Å². The molecule has 0 saturated carbocycles. The summed E-state index contributed by atoms with van der Waals surface area (Å²) in [6.45, 7) is 2.33. The molecule has 1 aliphatic rings. The van der Waals surface area contributed by atoms with Gasteiger partial charge in [0.05, 0.1) is 5.69 Å². The predicted molar refractivity (Wildman–Crippen MR) is 57.9 cm³/mol. The molecule has 1 aliphatic heterocycles. The molecule has 0 saturated heterocycles. The molecule has 3 N–H and O–H groups in total. The molecule has 1 aromatic rings. The van der Waals surface area contributed by atoms with Crippen LogP contribution in [0.1, 0.15) is 12.5 Å². The minimum atomic E-state index is -0.419. The summed E-state index contributed by atoms with van der Waals surface area (Å²) in [5.74, 6) is 0.621. The third kappa shape index (κ3) is 1.94. The van der Waals surface area contributed by atoms with Crippen LogP contribution in [0.3, 0.4) is 0 Å². The third-order valence-corrected chi connectivity index (χ3v) is 2.41. The zero-order valence-corrected chi connectivity index (χ0v) is 8.62. The summed E-state index contributed by atoms with van der Waals surface area (Å²) < 4.78 is 5.43. The van der Waals surface area contributed by atoms with Crippen molar-refractivity contribution in [2.24, 2.45) is 5.73 Å².